The summed E-state index contributed by atoms with van der Waals surface area (Å²) in [6, 6.07) is 11.5. The number of nitrogens with one attached hydrogen (secondary N) is 1. The number of nitrogens with zero attached hydrogens (tertiary/aromatic N) is 2. The second kappa shape index (κ2) is 12.9. The molecule has 0 saturated carbocycles. The minimum absolute atomic E-state index is 0.141. The number of hydrogen-bond acceptors (Lipinski definition) is 5. The van der Waals surface area contributed by atoms with E-state index in [9.17, 15) is 18.0 Å². The largest absolute Gasteiger partial charge is 0.497 e. The molecule has 0 heterocycles. The smallest absolute Gasteiger partial charge is 0.244 e. The third-order valence-corrected chi connectivity index (χ3v) is 7.65. The molecule has 2 rings (SSSR count). The molecule has 10 heteroatoms. The van der Waals surface area contributed by atoms with Crippen LogP contribution < -0.4 is 14.4 Å². The first-order chi connectivity index (χ1) is 16.5. The van der Waals surface area contributed by atoms with Gasteiger partial charge in [0.05, 0.1) is 19.1 Å². The number of amides is 2. The van der Waals surface area contributed by atoms with Crippen LogP contribution in [0.2, 0.25) is 0 Å². The van der Waals surface area contributed by atoms with Crippen molar-refractivity contribution in [3.8, 4) is 5.75 Å². The summed E-state index contributed by atoms with van der Waals surface area (Å²) < 4.78 is 32.4. The Bertz CT molecular complexity index is 1120. The molecule has 0 fully saturated rings. The van der Waals surface area contributed by atoms with Gasteiger partial charge in [-0.15, -0.1) is 0 Å². The fourth-order valence-electron chi connectivity index (χ4n) is 3.44. The zero-order valence-electron chi connectivity index (χ0n) is 20.9. The molecule has 0 saturated heterocycles. The molecule has 0 spiro atoms. The molecular weight excluding hydrogens is 534 g/mol. The van der Waals surface area contributed by atoms with Crippen molar-refractivity contribution >= 4 is 43.5 Å². The lowest BCUT2D eigenvalue weighted by Crippen LogP contribution is -2.51. The lowest BCUT2D eigenvalue weighted by molar-refractivity contribution is -0.139. The van der Waals surface area contributed by atoms with Gasteiger partial charge < -0.3 is 15.0 Å². The summed E-state index contributed by atoms with van der Waals surface area (Å²) in [5, 5.41) is 2.86. The Morgan fingerprint density at radius 3 is 2.34 bits per heavy atom. The van der Waals surface area contributed by atoms with Crippen molar-refractivity contribution in [3.63, 3.8) is 0 Å². The molecule has 2 aromatic rings. The van der Waals surface area contributed by atoms with E-state index in [0.717, 1.165) is 39.0 Å². The van der Waals surface area contributed by atoms with Crippen molar-refractivity contribution in [1.82, 2.24) is 10.2 Å². The summed E-state index contributed by atoms with van der Waals surface area (Å²) in [5.74, 6) is -0.0958. The lowest BCUT2D eigenvalue weighted by atomic mass is 10.1. The maximum Gasteiger partial charge on any atom is 0.244 e. The highest BCUT2D eigenvalue weighted by molar-refractivity contribution is 9.10. The van der Waals surface area contributed by atoms with Crippen molar-refractivity contribution in [2.45, 2.75) is 46.2 Å². The van der Waals surface area contributed by atoms with Gasteiger partial charge in [0.1, 0.15) is 18.3 Å². The van der Waals surface area contributed by atoms with Gasteiger partial charge in [0.25, 0.3) is 0 Å². The van der Waals surface area contributed by atoms with Gasteiger partial charge in [-0.1, -0.05) is 41.4 Å². The lowest BCUT2D eigenvalue weighted by Gasteiger charge is -2.31. The quantitative estimate of drug-likeness (QED) is 0.393. The normalized spacial score (nSPS) is 12.1. The minimum atomic E-state index is -3.77. The van der Waals surface area contributed by atoms with Crippen LogP contribution in [0.4, 0.5) is 5.69 Å². The molecule has 1 atom stereocenters. The van der Waals surface area contributed by atoms with Gasteiger partial charge in [-0.3, -0.25) is 13.9 Å². The van der Waals surface area contributed by atoms with Gasteiger partial charge in [0.15, 0.2) is 0 Å². The standard InChI is InChI=1S/C25H34BrN3O5S/c1-6-7-14-27-25(31)19(3)28(16-20-8-11-22(34-4)12-9-20)24(30)17-29(35(5,32)33)21-10-13-23(26)18(2)15-21/h8-13,15,19H,6-7,14,16-17H2,1-5H3,(H,27,31)/t19-/m1/s1. The molecular formula is C25H34BrN3O5S. The Morgan fingerprint density at radius 2 is 1.80 bits per heavy atom. The summed E-state index contributed by atoms with van der Waals surface area (Å²) in [6.45, 7) is 5.74. The van der Waals surface area contributed by atoms with Crippen molar-refractivity contribution in [3.05, 3.63) is 58.1 Å². The van der Waals surface area contributed by atoms with E-state index in [1.165, 1.54) is 4.90 Å². The Balaban J connectivity index is 2.36. The number of unbranched alkanes of at least 4 members (excludes halogenated alkanes) is 1. The highest BCUT2D eigenvalue weighted by Gasteiger charge is 2.30. The molecule has 35 heavy (non-hydrogen) atoms. The van der Waals surface area contributed by atoms with Crippen LogP contribution in [-0.4, -0.2) is 57.6 Å². The number of ether oxygens (including phenoxy) is 1. The minimum Gasteiger partial charge on any atom is -0.497 e. The third kappa shape index (κ3) is 8.24. The number of carbonyl (C=O) groups excluding carboxylic acids is 2. The number of sulfonamides is 1. The molecule has 8 nitrogen and oxygen atoms in total. The van der Waals surface area contributed by atoms with Gasteiger partial charge in [0, 0.05) is 17.6 Å². The molecule has 2 amide bonds. The molecule has 0 unspecified atom stereocenters. The fourth-order valence-corrected chi connectivity index (χ4v) is 4.53. The Hall–Kier alpha value is -2.59. The Morgan fingerprint density at radius 1 is 1.14 bits per heavy atom. The maximum atomic E-state index is 13.5. The van der Waals surface area contributed by atoms with Crippen LogP contribution in [-0.2, 0) is 26.2 Å². The van der Waals surface area contributed by atoms with Crippen molar-refractivity contribution in [1.29, 1.82) is 0 Å². The summed E-state index contributed by atoms with van der Waals surface area (Å²) in [6.07, 6.45) is 2.82. The summed E-state index contributed by atoms with van der Waals surface area (Å²) in [4.78, 5) is 27.8. The topological polar surface area (TPSA) is 96.0 Å². The van der Waals surface area contributed by atoms with E-state index in [-0.39, 0.29) is 12.5 Å². The predicted octanol–water partition coefficient (Wildman–Crippen LogP) is 3.87. The average Bonchev–Trinajstić information content (AvgIpc) is 2.82. The predicted molar refractivity (Wildman–Crippen MR) is 142 cm³/mol. The van der Waals surface area contributed by atoms with Gasteiger partial charge in [0.2, 0.25) is 21.8 Å². The van der Waals surface area contributed by atoms with Gasteiger partial charge in [-0.2, -0.15) is 0 Å². The van der Waals surface area contributed by atoms with Crippen LogP contribution in [0.1, 0.15) is 37.8 Å². The highest BCUT2D eigenvalue weighted by atomic mass is 79.9. The van der Waals surface area contributed by atoms with E-state index < -0.39 is 28.5 Å². The number of aryl methyl sites for hydroxylation is 1. The summed E-state index contributed by atoms with van der Waals surface area (Å²) >= 11 is 3.41. The number of rotatable bonds is 12. The molecule has 2 aromatic carbocycles. The van der Waals surface area contributed by atoms with Crippen LogP contribution >= 0.6 is 15.9 Å². The average molecular weight is 569 g/mol. The van der Waals surface area contributed by atoms with Crippen LogP contribution in [0.25, 0.3) is 0 Å². The van der Waals surface area contributed by atoms with Gasteiger partial charge in [-0.05, 0) is 61.7 Å². The molecule has 0 aliphatic heterocycles. The Labute approximate surface area is 216 Å². The second-order valence-electron chi connectivity index (χ2n) is 8.39. The number of methoxy groups -OCH3 is 1. The monoisotopic (exact) mass is 567 g/mol. The molecule has 0 aliphatic rings. The van der Waals surface area contributed by atoms with Crippen molar-refractivity contribution in [2.75, 3.05) is 30.8 Å². The molecule has 192 valence electrons. The third-order valence-electron chi connectivity index (χ3n) is 5.62. The van der Waals surface area contributed by atoms with Gasteiger partial charge in [-0.25, -0.2) is 8.42 Å². The second-order valence-corrected chi connectivity index (χ2v) is 11.2. The van der Waals surface area contributed by atoms with E-state index in [1.807, 2.05) is 26.0 Å². The zero-order valence-corrected chi connectivity index (χ0v) is 23.3. The Kier molecular flexibility index (Phi) is 10.6. The molecule has 0 aliphatic carbocycles. The first-order valence-electron chi connectivity index (χ1n) is 11.4. The number of hydrogen-bond donors (Lipinski definition) is 1. The van der Waals surface area contributed by atoms with Crippen LogP contribution in [0.3, 0.4) is 0 Å². The number of anilines is 1. The van der Waals surface area contributed by atoms with Crippen molar-refractivity contribution in [2.24, 2.45) is 0 Å². The first kappa shape index (κ1) is 28.6. The van der Waals surface area contributed by atoms with E-state index >= 15 is 0 Å². The molecule has 0 bridgehead atoms. The first-order valence-corrected chi connectivity index (χ1v) is 14.1. The highest BCUT2D eigenvalue weighted by Crippen LogP contribution is 2.25. The summed E-state index contributed by atoms with van der Waals surface area (Å²) in [7, 11) is -2.20. The maximum absolute atomic E-state index is 13.5. The van der Waals surface area contributed by atoms with E-state index in [0.29, 0.717) is 18.0 Å². The number of benzene rings is 2. The SMILES string of the molecule is CCCCNC(=O)[C@@H](C)N(Cc1ccc(OC)cc1)C(=O)CN(c1ccc(Br)c(C)c1)S(C)(=O)=O. The van der Waals surface area contributed by atoms with Crippen LogP contribution in [0.5, 0.6) is 5.75 Å². The zero-order chi connectivity index (χ0) is 26.2. The van der Waals surface area contributed by atoms with Crippen LogP contribution in [0, 0.1) is 6.92 Å². The van der Waals surface area contributed by atoms with E-state index in [4.69, 9.17) is 4.74 Å². The molecule has 0 radical (unpaired) electrons. The van der Waals surface area contributed by atoms with Gasteiger partial charge >= 0.3 is 0 Å². The number of halogens is 1. The molecule has 0 aromatic heterocycles. The van der Waals surface area contributed by atoms with E-state index in [2.05, 4.69) is 21.2 Å². The van der Waals surface area contributed by atoms with Crippen molar-refractivity contribution < 1.29 is 22.7 Å². The van der Waals surface area contributed by atoms with Crippen LogP contribution in [0.15, 0.2) is 46.9 Å². The summed E-state index contributed by atoms with van der Waals surface area (Å²) in [5.41, 5.74) is 2.01. The van der Waals surface area contributed by atoms with E-state index in [1.54, 1.807) is 44.4 Å². The molecule has 1 N–H and O–H groups in total. The number of carbonyl (C=O) groups is 2. The fraction of sp³-hybridized carbons (Fsp3) is 0.440.